The molecule has 1 atom stereocenters. The van der Waals surface area contributed by atoms with E-state index in [-0.39, 0.29) is 11.6 Å². The Bertz CT molecular complexity index is 647. The number of thiazole rings is 1. The SMILES string of the molecule is CCCn1ccnc(NC(C)c2sc(C)nc2C)c1=O. The van der Waals surface area contributed by atoms with Crippen LogP contribution in [0.15, 0.2) is 17.2 Å². The predicted octanol–water partition coefficient (Wildman–Crippen LogP) is 2.90. The van der Waals surface area contributed by atoms with Crippen LogP contribution in [0.25, 0.3) is 0 Å². The Labute approximate surface area is 122 Å². The first kappa shape index (κ1) is 14.7. The molecule has 0 aromatic carbocycles. The first-order chi connectivity index (χ1) is 9.52. The van der Waals surface area contributed by atoms with Gasteiger partial charge in [-0.25, -0.2) is 9.97 Å². The molecule has 0 bridgehead atoms. The van der Waals surface area contributed by atoms with Crippen LogP contribution in [0.4, 0.5) is 5.82 Å². The zero-order chi connectivity index (χ0) is 14.7. The van der Waals surface area contributed by atoms with Crippen LogP contribution >= 0.6 is 11.3 Å². The minimum absolute atomic E-state index is 0.0267. The Morgan fingerprint density at radius 3 is 2.80 bits per heavy atom. The lowest BCUT2D eigenvalue weighted by atomic mass is 10.2. The molecule has 0 radical (unpaired) electrons. The summed E-state index contributed by atoms with van der Waals surface area (Å²) in [6.45, 7) is 8.76. The van der Waals surface area contributed by atoms with Crippen LogP contribution < -0.4 is 10.9 Å². The summed E-state index contributed by atoms with van der Waals surface area (Å²) in [6, 6.07) is 0.0267. The lowest BCUT2D eigenvalue weighted by Gasteiger charge is -2.14. The van der Waals surface area contributed by atoms with Crippen molar-refractivity contribution in [1.29, 1.82) is 0 Å². The molecule has 108 valence electrons. The van der Waals surface area contributed by atoms with E-state index in [1.54, 1.807) is 28.3 Å². The fraction of sp³-hybridized carbons (Fsp3) is 0.500. The molecule has 1 N–H and O–H groups in total. The molecular weight excluding hydrogens is 272 g/mol. The van der Waals surface area contributed by atoms with Gasteiger partial charge in [0.2, 0.25) is 0 Å². The van der Waals surface area contributed by atoms with Crippen molar-refractivity contribution in [3.05, 3.63) is 38.3 Å². The van der Waals surface area contributed by atoms with Gasteiger partial charge in [0.25, 0.3) is 5.56 Å². The summed E-state index contributed by atoms with van der Waals surface area (Å²) in [5.41, 5.74) is 0.942. The zero-order valence-electron chi connectivity index (χ0n) is 12.3. The number of anilines is 1. The maximum atomic E-state index is 12.2. The fourth-order valence-electron chi connectivity index (χ4n) is 2.18. The Hall–Kier alpha value is -1.69. The standard InChI is InChI=1S/C14H20N4OS/c1-5-7-18-8-6-15-13(14(18)19)17-10(3)12-9(2)16-11(4)20-12/h6,8,10H,5,7H2,1-4H3,(H,15,17). The Balaban J connectivity index is 2.24. The van der Waals surface area contributed by atoms with Crippen LogP contribution in [0, 0.1) is 13.8 Å². The average Bonchev–Trinajstić information content (AvgIpc) is 2.73. The van der Waals surface area contributed by atoms with Crippen molar-refractivity contribution in [3.63, 3.8) is 0 Å². The third-order valence-corrected chi connectivity index (χ3v) is 4.32. The molecule has 0 aliphatic rings. The van der Waals surface area contributed by atoms with Crippen LogP contribution in [-0.2, 0) is 6.54 Å². The van der Waals surface area contributed by atoms with Crippen molar-refractivity contribution in [3.8, 4) is 0 Å². The lowest BCUT2D eigenvalue weighted by molar-refractivity contribution is 0.648. The summed E-state index contributed by atoms with van der Waals surface area (Å²) < 4.78 is 1.69. The Kier molecular flexibility index (Phi) is 4.54. The van der Waals surface area contributed by atoms with Crippen molar-refractivity contribution in [2.75, 3.05) is 5.32 Å². The van der Waals surface area contributed by atoms with Gasteiger partial charge < -0.3 is 9.88 Å². The van der Waals surface area contributed by atoms with E-state index >= 15 is 0 Å². The van der Waals surface area contributed by atoms with Gasteiger partial charge in [0.1, 0.15) is 0 Å². The van der Waals surface area contributed by atoms with E-state index in [0.29, 0.717) is 12.4 Å². The maximum Gasteiger partial charge on any atom is 0.293 e. The van der Waals surface area contributed by atoms with Crippen molar-refractivity contribution in [2.24, 2.45) is 0 Å². The van der Waals surface area contributed by atoms with Gasteiger partial charge in [-0.2, -0.15) is 0 Å². The third kappa shape index (κ3) is 3.07. The van der Waals surface area contributed by atoms with Crippen LogP contribution in [0.5, 0.6) is 0 Å². The predicted molar refractivity (Wildman–Crippen MR) is 82.4 cm³/mol. The van der Waals surface area contributed by atoms with E-state index < -0.39 is 0 Å². The summed E-state index contributed by atoms with van der Waals surface area (Å²) in [7, 11) is 0. The molecule has 0 aliphatic heterocycles. The number of aryl methyl sites for hydroxylation is 3. The average molecular weight is 292 g/mol. The number of rotatable bonds is 5. The minimum atomic E-state index is -0.0694. The second-order valence-electron chi connectivity index (χ2n) is 4.82. The molecule has 20 heavy (non-hydrogen) atoms. The second-order valence-corrected chi connectivity index (χ2v) is 6.06. The van der Waals surface area contributed by atoms with Gasteiger partial charge >= 0.3 is 0 Å². The number of aromatic nitrogens is 3. The smallest absolute Gasteiger partial charge is 0.293 e. The molecule has 0 saturated heterocycles. The molecule has 2 heterocycles. The highest BCUT2D eigenvalue weighted by atomic mass is 32.1. The van der Waals surface area contributed by atoms with Crippen LogP contribution in [0.3, 0.4) is 0 Å². The molecule has 0 amide bonds. The minimum Gasteiger partial charge on any atom is -0.358 e. The van der Waals surface area contributed by atoms with Crippen LogP contribution in [0.2, 0.25) is 0 Å². The topological polar surface area (TPSA) is 59.8 Å². The van der Waals surface area contributed by atoms with Crippen molar-refractivity contribution in [1.82, 2.24) is 14.5 Å². The molecule has 1 unspecified atom stereocenters. The van der Waals surface area contributed by atoms with Gasteiger partial charge in [-0.05, 0) is 27.2 Å². The van der Waals surface area contributed by atoms with Crippen molar-refractivity contribution >= 4 is 17.2 Å². The fourth-order valence-corrected chi connectivity index (χ4v) is 3.11. The van der Waals surface area contributed by atoms with Gasteiger partial charge in [-0.3, -0.25) is 4.79 Å². The summed E-state index contributed by atoms with van der Waals surface area (Å²) in [5.74, 6) is 0.402. The molecular formula is C14H20N4OS. The number of nitrogens with one attached hydrogen (secondary N) is 1. The number of hydrogen-bond acceptors (Lipinski definition) is 5. The highest BCUT2D eigenvalue weighted by Crippen LogP contribution is 2.26. The lowest BCUT2D eigenvalue weighted by Crippen LogP contribution is -2.25. The van der Waals surface area contributed by atoms with E-state index in [4.69, 9.17) is 0 Å². The highest BCUT2D eigenvalue weighted by Gasteiger charge is 2.15. The monoisotopic (exact) mass is 292 g/mol. The summed E-state index contributed by atoms with van der Waals surface area (Å²) in [5, 5.41) is 4.24. The largest absolute Gasteiger partial charge is 0.358 e. The Morgan fingerprint density at radius 2 is 2.20 bits per heavy atom. The Morgan fingerprint density at radius 1 is 1.45 bits per heavy atom. The molecule has 5 nitrogen and oxygen atoms in total. The van der Waals surface area contributed by atoms with Crippen LogP contribution in [-0.4, -0.2) is 14.5 Å². The number of hydrogen-bond donors (Lipinski definition) is 1. The van der Waals surface area contributed by atoms with Gasteiger partial charge in [0, 0.05) is 23.8 Å². The molecule has 6 heteroatoms. The van der Waals surface area contributed by atoms with Gasteiger partial charge in [0.15, 0.2) is 5.82 Å². The highest BCUT2D eigenvalue weighted by molar-refractivity contribution is 7.11. The van der Waals surface area contributed by atoms with E-state index in [1.807, 2.05) is 27.7 Å². The molecule has 0 fully saturated rings. The zero-order valence-corrected chi connectivity index (χ0v) is 13.1. The second kappa shape index (κ2) is 6.17. The van der Waals surface area contributed by atoms with E-state index in [0.717, 1.165) is 22.0 Å². The van der Waals surface area contributed by atoms with E-state index in [9.17, 15) is 4.79 Å². The first-order valence-electron chi connectivity index (χ1n) is 6.78. The summed E-state index contributed by atoms with van der Waals surface area (Å²) in [6.07, 6.45) is 4.31. The molecule has 0 spiro atoms. The molecule has 0 saturated carbocycles. The van der Waals surface area contributed by atoms with Gasteiger partial charge in [0.05, 0.1) is 16.7 Å². The van der Waals surface area contributed by atoms with E-state index in [1.165, 1.54) is 0 Å². The summed E-state index contributed by atoms with van der Waals surface area (Å²) >= 11 is 1.65. The molecule has 2 aromatic heterocycles. The van der Waals surface area contributed by atoms with Crippen molar-refractivity contribution in [2.45, 2.75) is 46.7 Å². The third-order valence-electron chi connectivity index (χ3n) is 3.06. The van der Waals surface area contributed by atoms with Crippen LogP contribution in [0.1, 0.15) is 41.9 Å². The first-order valence-corrected chi connectivity index (χ1v) is 7.60. The van der Waals surface area contributed by atoms with Gasteiger partial charge in [-0.1, -0.05) is 6.92 Å². The van der Waals surface area contributed by atoms with E-state index in [2.05, 4.69) is 15.3 Å². The molecule has 2 aromatic rings. The van der Waals surface area contributed by atoms with Crippen molar-refractivity contribution < 1.29 is 0 Å². The quantitative estimate of drug-likeness (QED) is 0.920. The van der Waals surface area contributed by atoms with Gasteiger partial charge in [-0.15, -0.1) is 11.3 Å². The number of nitrogens with zero attached hydrogens (tertiary/aromatic N) is 3. The molecule has 2 rings (SSSR count). The summed E-state index contributed by atoms with van der Waals surface area (Å²) in [4.78, 5) is 22.0. The normalized spacial score (nSPS) is 12.4. The molecule has 0 aliphatic carbocycles. The maximum absolute atomic E-state index is 12.2.